The van der Waals surface area contributed by atoms with E-state index in [2.05, 4.69) is 22.2 Å². The molecule has 1 aliphatic heterocycles. The quantitative estimate of drug-likeness (QED) is 0.689. The Balaban J connectivity index is 1.53. The Bertz CT molecular complexity index is 1010. The predicted molar refractivity (Wildman–Crippen MR) is 105 cm³/mol. The Morgan fingerprint density at radius 3 is 2.64 bits per heavy atom. The Morgan fingerprint density at radius 2 is 1.86 bits per heavy atom. The van der Waals surface area contributed by atoms with Crippen LogP contribution in [0.25, 0.3) is 11.0 Å². The summed E-state index contributed by atoms with van der Waals surface area (Å²) in [6, 6.07) is 17.3. The van der Waals surface area contributed by atoms with Gasteiger partial charge in [0.1, 0.15) is 12.1 Å². The largest absolute Gasteiger partial charge is 0.347 e. The molecule has 0 radical (unpaired) electrons. The molecule has 0 aliphatic carbocycles. The van der Waals surface area contributed by atoms with Crippen LogP contribution in [0.3, 0.4) is 0 Å². The highest BCUT2D eigenvalue weighted by atomic mass is 16.2. The second-order valence-electron chi connectivity index (χ2n) is 6.87. The molecule has 0 unspecified atom stereocenters. The first-order valence-electron chi connectivity index (χ1n) is 9.19. The standard InChI is InChI=1S/C21H21N5O2/c1-2-20(27)22-18-13-25(12-16(18)15-8-4-3-5-9-15)21(28)14-26-19-11-7-6-10-17(19)23-24-26/h2-11,16,18H,1,12-14H2,(H,22,27)/t16-,18+/m0/s1. The van der Waals surface area contributed by atoms with Crippen molar-refractivity contribution >= 4 is 22.8 Å². The Hall–Kier alpha value is -3.48. The molecular formula is C21H21N5O2. The topological polar surface area (TPSA) is 80.1 Å². The SMILES string of the molecule is C=CC(=O)N[C@@H]1CN(C(=O)Cn2nnc3ccccc32)C[C@H]1c1ccccc1. The van der Waals surface area contributed by atoms with Gasteiger partial charge in [-0.3, -0.25) is 9.59 Å². The summed E-state index contributed by atoms with van der Waals surface area (Å²) in [6.07, 6.45) is 1.26. The number of nitrogens with zero attached hydrogens (tertiary/aromatic N) is 4. The molecule has 1 fully saturated rings. The van der Waals surface area contributed by atoms with Crippen molar-refractivity contribution in [1.29, 1.82) is 0 Å². The van der Waals surface area contributed by atoms with Crippen molar-refractivity contribution in [2.24, 2.45) is 0 Å². The van der Waals surface area contributed by atoms with Crippen LogP contribution in [0.2, 0.25) is 0 Å². The Labute approximate surface area is 162 Å². The lowest BCUT2D eigenvalue weighted by Crippen LogP contribution is -2.40. The average molecular weight is 375 g/mol. The summed E-state index contributed by atoms with van der Waals surface area (Å²) in [4.78, 5) is 26.6. The summed E-state index contributed by atoms with van der Waals surface area (Å²) in [6.45, 7) is 4.63. The van der Waals surface area contributed by atoms with Gasteiger partial charge in [0.25, 0.3) is 0 Å². The molecule has 0 bridgehead atoms. The van der Waals surface area contributed by atoms with E-state index in [1.165, 1.54) is 6.08 Å². The van der Waals surface area contributed by atoms with Crippen LogP contribution < -0.4 is 5.32 Å². The molecule has 2 heterocycles. The number of carbonyl (C=O) groups is 2. The third kappa shape index (κ3) is 3.51. The van der Waals surface area contributed by atoms with Crippen LogP contribution in [0.4, 0.5) is 0 Å². The zero-order chi connectivity index (χ0) is 19.5. The second kappa shape index (κ2) is 7.64. The summed E-state index contributed by atoms with van der Waals surface area (Å²) in [7, 11) is 0. The van der Waals surface area contributed by atoms with Crippen LogP contribution in [0.15, 0.2) is 67.3 Å². The number of benzene rings is 2. The second-order valence-corrected chi connectivity index (χ2v) is 6.87. The molecule has 1 aromatic heterocycles. The zero-order valence-corrected chi connectivity index (χ0v) is 15.4. The molecule has 7 heteroatoms. The van der Waals surface area contributed by atoms with E-state index in [9.17, 15) is 9.59 Å². The zero-order valence-electron chi connectivity index (χ0n) is 15.4. The number of nitrogens with one attached hydrogen (secondary N) is 1. The molecule has 2 aromatic carbocycles. The smallest absolute Gasteiger partial charge is 0.244 e. The average Bonchev–Trinajstić information content (AvgIpc) is 3.33. The van der Waals surface area contributed by atoms with Gasteiger partial charge >= 0.3 is 0 Å². The molecule has 0 saturated carbocycles. The number of fused-ring (bicyclic) bond motifs is 1. The number of para-hydroxylation sites is 1. The summed E-state index contributed by atoms with van der Waals surface area (Å²) in [5, 5.41) is 11.2. The molecule has 2 atom stereocenters. The van der Waals surface area contributed by atoms with E-state index >= 15 is 0 Å². The van der Waals surface area contributed by atoms with Crippen molar-refractivity contribution < 1.29 is 9.59 Å². The number of hydrogen-bond acceptors (Lipinski definition) is 4. The summed E-state index contributed by atoms with van der Waals surface area (Å²) < 4.78 is 1.62. The summed E-state index contributed by atoms with van der Waals surface area (Å²) in [5.41, 5.74) is 2.68. The lowest BCUT2D eigenvalue weighted by Gasteiger charge is -2.18. The molecule has 1 N–H and O–H groups in total. The summed E-state index contributed by atoms with van der Waals surface area (Å²) >= 11 is 0. The maximum Gasteiger partial charge on any atom is 0.244 e. The highest BCUT2D eigenvalue weighted by Crippen LogP contribution is 2.28. The van der Waals surface area contributed by atoms with Gasteiger partial charge < -0.3 is 10.2 Å². The van der Waals surface area contributed by atoms with Crippen molar-refractivity contribution in [3.8, 4) is 0 Å². The monoisotopic (exact) mass is 375 g/mol. The number of amides is 2. The predicted octanol–water partition coefficient (Wildman–Crippen LogP) is 1.73. The fraction of sp³-hybridized carbons (Fsp3) is 0.238. The van der Waals surface area contributed by atoms with E-state index < -0.39 is 0 Å². The minimum absolute atomic E-state index is 0.0292. The van der Waals surface area contributed by atoms with E-state index in [0.29, 0.717) is 13.1 Å². The van der Waals surface area contributed by atoms with Crippen molar-refractivity contribution in [3.63, 3.8) is 0 Å². The molecule has 7 nitrogen and oxygen atoms in total. The van der Waals surface area contributed by atoms with Crippen LogP contribution in [-0.2, 0) is 16.1 Å². The lowest BCUT2D eigenvalue weighted by atomic mass is 9.94. The minimum Gasteiger partial charge on any atom is -0.347 e. The number of hydrogen-bond donors (Lipinski definition) is 1. The van der Waals surface area contributed by atoms with Gasteiger partial charge in [-0.25, -0.2) is 4.68 Å². The van der Waals surface area contributed by atoms with Gasteiger partial charge in [0.05, 0.1) is 11.6 Å². The molecule has 4 rings (SSSR count). The van der Waals surface area contributed by atoms with Crippen LogP contribution in [-0.4, -0.2) is 50.8 Å². The Morgan fingerprint density at radius 1 is 1.11 bits per heavy atom. The number of aromatic nitrogens is 3. The summed E-state index contributed by atoms with van der Waals surface area (Å²) in [5.74, 6) is -0.254. The van der Waals surface area contributed by atoms with Gasteiger partial charge in [-0.05, 0) is 23.8 Å². The highest BCUT2D eigenvalue weighted by molar-refractivity contribution is 5.87. The first kappa shape index (κ1) is 17.9. The van der Waals surface area contributed by atoms with E-state index in [4.69, 9.17) is 0 Å². The third-order valence-electron chi connectivity index (χ3n) is 5.12. The molecule has 0 spiro atoms. The number of likely N-dealkylation sites (tertiary alicyclic amines) is 1. The Kier molecular flexibility index (Phi) is 4.89. The number of carbonyl (C=O) groups excluding carboxylic acids is 2. The lowest BCUT2D eigenvalue weighted by molar-refractivity contribution is -0.131. The van der Waals surface area contributed by atoms with Crippen LogP contribution >= 0.6 is 0 Å². The van der Waals surface area contributed by atoms with Gasteiger partial charge in [-0.1, -0.05) is 54.3 Å². The van der Waals surface area contributed by atoms with Crippen molar-refractivity contribution in [2.75, 3.05) is 13.1 Å². The first-order valence-corrected chi connectivity index (χ1v) is 9.19. The number of rotatable bonds is 5. The maximum atomic E-state index is 12.9. The molecular weight excluding hydrogens is 354 g/mol. The van der Waals surface area contributed by atoms with Crippen molar-refractivity contribution in [1.82, 2.24) is 25.2 Å². The van der Waals surface area contributed by atoms with E-state index in [-0.39, 0.29) is 30.3 Å². The van der Waals surface area contributed by atoms with Gasteiger partial charge in [0.15, 0.2) is 0 Å². The molecule has 142 valence electrons. The molecule has 3 aromatic rings. The fourth-order valence-corrected chi connectivity index (χ4v) is 3.70. The van der Waals surface area contributed by atoms with Crippen LogP contribution in [0, 0.1) is 0 Å². The molecule has 28 heavy (non-hydrogen) atoms. The van der Waals surface area contributed by atoms with Crippen molar-refractivity contribution in [3.05, 3.63) is 72.8 Å². The molecule has 2 amide bonds. The molecule has 1 saturated heterocycles. The van der Waals surface area contributed by atoms with Gasteiger partial charge in [0, 0.05) is 19.0 Å². The molecule has 1 aliphatic rings. The van der Waals surface area contributed by atoms with Gasteiger partial charge in [0.2, 0.25) is 11.8 Å². The third-order valence-corrected chi connectivity index (χ3v) is 5.12. The van der Waals surface area contributed by atoms with Crippen molar-refractivity contribution in [2.45, 2.75) is 18.5 Å². The highest BCUT2D eigenvalue weighted by Gasteiger charge is 2.36. The minimum atomic E-state index is -0.234. The van der Waals surface area contributed by atoms with Crippen LogP contribution in [0.1, 0.15) is 11.5 Å². The normalized spacial score (nSPS) is 18.9. The van der Waals surface area contributed by atoms with E-state index in [1.54, 1.807) is 9.58 Å². The van der Waals surface area contributed by atoms with Gasteiger partial charge in [-0.15, -0.1) is 5.10 Å². The maximum absolute atomic E-state index is 12.9. The first-order chi connectivity index (χ1) is 13.7. The van der Waals surface area contributed by atoms with E-state index in [1.807, 2.05) is 54.6 Å². The van der Waals surface area contributed by atoms with Crippen LogP contribution in [0.5, 0.6) is 0 Å². The fourth-order valence-electron chi connectivity index (χ4n) is 3.70. The van der Waals surface area contributed by atoms with Gasteiger partial charge in [-0.2, -0.15) is 0 Å². The van der Waals surface area contributed by atoms with E-state index in [0.717, 1.165) is 16.6 Å².